The van der Waals surface area contributed by atoms with Gasteiger partial charge >= 0.3 is 0 Å². The highest BCUT2D eigenvalue weighted by Gasteiger charge is 2.07. The quantitative estimate of drug-likeness (QED) is 0.853. The van der Waals surface area contributed by atoms with Gasteiger partial charge in [-0.25, -0.2) is 0 Å². The Bertz CT molecular complexity index is 549. The molecule has 1 atom stereocenters. The highest BCUT2D eigenvalue weighted by atomic mass is 35.5. The maximum atomic E-state index is 6.23. The van der Waals surface area contributed by atoms with Crippen LogP contribution in [0.5, 0.6) is 0 Å². The van der Waals surface area contributed by atoms with Crippen LogP contribution in [0.4, 0.5) is 0 Å². The van der Waals surface area contributed by atoms with Crippen LogP contribution >= 0.6 is 23.2 Å². The smallest absolute Gasteiger partial charge is 0.0670 e. The molecule has 2 aromatic rings. The van der Waals surface area contributed by atoms with Crippen LogP contribution in [-0.2, 0) is 6.42 Å². The lowest BCUT2D eigenvalue weighted by Crippen LogP contribution is -2.23. The van der Waals surface area contributed by atoms with Gasteiger partial charge in [-0.2, -0.15) is 0 Å². The molecule has 0 heterocycles. The van der Waals surface area contributed by atoms with Gasteiger partial charge in [0.05, 0.1) is 10.0 Å². The van der Waals surface area contributed by atoms with E-state index in [1.807, 2.05) is 19.2 Å². The maximum absolute atomic E-state index is 6.23. The topological polar surface area (TPSA) is 12.0 Å². The van der Waals surface area contributed by atoms with Gasteiger partial charge in [0.25, 0.3) is 0 Å². The molecule has 0 aromatic heterocycles. The molecule has 0 amide bonds. The Morgan fingerprint density at radius 2 is 1.74 bits per heavy atom. The van der Waals surface area contributed by atoms with Crippen molar-refractivity contribution in [1.29, 1.82) is 0 Å². The predicted molar refractivity (Wildman–Crippen MR) is 84.1 cm³/mol. The summed E-state index contributed by atoms with van der Waals surface area (Å²) in [5.41, 5.74) is 3.37. The Morgan fingerprint density at radius 1 is 1.05 bits per heavy atom. The number of hydrogen-bond acceptors (Lipinski definition) is 1. The third kappa shape index (κ3) is 3.50. The lowest BCUT2D eigenvalue weighted by atomic mass is 10.0. The van der Waals surface area contributed by atoms with Gasteiger partial charge in [-0.15, -0.1) is 0 Å². The van der Waals surface area contributed by atoms with Crippen molar-refractivity contribution >= 4 is 23.2 Å². The van der Waals surface area contributed by atoms with Crippen molar-refractivity contribution in [3.05, 3.63) is 58.1 Å². The van der Waals surface area contributed by atoms with Crippen LogP contribution < -0.4 is 5.32 Å². The predicted octanol–water partition coefficient (Wildman–Crippen LogP) is 4.81. The van der Waals surface area contributed by atoms with Crippen molar-refractivity contribution in [1.82, 2.24) is 5.32 Å². The van der Waals surface area contributed by atoms with E-state index in [0.717, 1.165) is 17.5 Å². The summed E-state index contributed by atoms with van der Waals surface area (Å²) in [4.78, 5) is 0. The molecule has 0 aliphatic heterocycles. The van der Waals surface area contributed by atoms with Gasteiger partial charge in [-0.3, -0.25) is 0 Å². The van der Waals surface area contributed by atoms with Gasteiger partial charge in [0.2, 0.25) is 0 Å². The fourth-order valence-electron chi connectivity index (χ4n) is 2.00. The molecule has 2 aromatic carbocycles. The molecule has 0 aliphatic carbocycles. The van der Waals surface area contributed by atoms with Gasteiger partial charge in [-0.05, 0) is 37.6 Å². The Labute approximate surface area is 124 Å². The summed E-state index contributed by atoms with van der Waals surface area (Å²) in [7, 11) is 1.98. The van der Waals surface area contributed by atoms with Gasteiger partial charge in [0.1, 0.15) is 0 Å². The zero-order chi connectivity index (χ0) is 13.8. The molecule has 0 fully saturated rings. The second kappa shape index (κ2) is 6.42. The van der Waals surface area contributed by atoms with Crippen LogP contribution in [0.2, 0.25) is 10.0 Å². The number of likely N-dealkylation sites (N-methyl/N-ethyl adjacent to an activating group) is 1. The van der Waals surface area contributed by atoms with E-state index in [9.17, 15) is 0 Å². The van der Waals surface area contributed by atoms with Gasteiger partial charge in [-0.1, -0.05) is 59.6 Å². The Morgan fingerprint density at radius 3 is 2.37 bits per heavy atom. The van der Waals surface area contributed by atoms with E-state index in [-0.39, 0.29) is 0 Å². The van der Waals surface area contributed by atoms with Crippen LogP contribution in [0.15, 0.2) is 42.5 Å². The second-order valence-corrected chi connectivity index (χ2v) is 5.48. The van der Waals surface area contributed by atoms with E-state index in [1.165, 1.54) is 5.56 Å². The lowest BCUT2D eigenvalue weighted by Gasteiger charge is -2.11. The first-order chi connectivity index (χ1) is 9.11. The minimum absolute atomic E-state index is 0.473. The summed E-state index contributed by atoms with van der Waals surface area (Å²) in [5, 5.41) is 4.44. The number of halogens is 2. The molecule has 100 valence electrons. The number of benzene rings is 2. The zero-order valence-corrected chi connectivity index (χ0v) is 12.6. The number of rotatable bonds is 4. The fraction of sp³-hybridized carbons (Fsp3) is 0.250. The first kappa shape index (κ1) is 14.4. The summed E-state index contributed by atoms with van der Waals surface area (Å²) in [6.07, 6.45) is 1.01. The molecule has 1 N–H and O–H groups in total. The van der Waals surface area contributed by atoms with Gasteiger partial charge < -0.3 is 5.32 Å². The average molecular weight is 294 g/mol. The highest BCUT2D eigenvalue weighted by molar-refractivity contribution is 6.43. The van der Waals surface area contributed by atoms with Gasteiger partial charge in [0, 0.05) is 11.6 Å². The minimum Gasteiger partial charge on any atom is -0.317 e. The number of nitrogens with one attached hydrogen (secondary N) is 1. The molecule has 0 spiro atoms. The molecule has 1 unspecified atom stereocenters. The minimum atomic E-state index is 0.473. The molecule has 0 saturated heterocycles. The SMILES string of the molecule is CNC(C)Cc1ccc(-c2cccc(Cl)c2Cl)cc1. The Hall–Kier alpha value is -1.02. The maximum Gasteiger partial charge on any atom is 0.0670 e. The Kier molecular flexibility index (Phi) is 4.87. The third-order valence-electron chi connectivity index (χ3n) is 3.25. The third-order valence-corrected chi connectivity index (χ3v) is 4.07. The molecule has 0 bridgehead atoms. The van der Waals surface area contributed by atoms with E-state index in [2.05, 4.69) is 36.5 Å². The Balaban J connectivity index is 2.25. The second-order valence-electron chi connectivity index (χ2n) is 4.69. The molecule has 0 saturated carbocycles. The molecule has 0 aliphatic rings. The fourth-order valence-corrected chi connectivity index (χ4v) is 2.41. The van der Waals surface area contributed by atoms with Crippen molar-refractivity contribution in [2.45, 2.75) is 19.4 Å². The van der Waals surface area contributed by atoms with Crippen molar-refractivity contribution < 1.29 is 0 Å². The molecular formula is C16H17Cl2N. The molecular weight excluding hydrogens is 277 g/mol. The van der Waals surface area contributed by atoms with Crippen LogP contribution in [0.3, 0.4) is 0 Å². The van der Waals surface area contributed by atoms with Crippen LogP contribution in [0.25, 0.3) is 11.1 Å². The van der Waals surface area contributed by atoms with E-state index in [4.69, 9.17) is 23.2 Å². The van der Waals surface area contributed by atoms with Crippen molar-refractivity contribution in [3.8, 4) is 11.1 Å². The molecule has 3 heteroatoms. The van der Waals surface area contributed by atoms with Crippen molar-refractivity contribution in [3.63, 3.8) is 0 Å². The molecule has 0 radical (unpaired) electrons. The summed E-state index contributed by atoms with van der Waals surface area (Å²) in [6, 6.07) is 14.6. The largest absolute Gasteiger partial charge is 0.317 e. The standard InChI is InChI=1S/C16H17Cl2N/c1-11(19-2)10-12-6-8-13(9-7-12)14-4-3-5-15(17)16(14)18/h3-9,11,19H,10H2,1-2H3. The number of hydrogen-bond donors (Lipinski definition) is 1. The van der Waals surface area contributed by atoms with E-state index in [1.54, 1.807) is 6.07 Å². The van der Waals surface area contributed by atoms with Crippen molar-refractivity contribution in [2.75, 3.05) is 7.05 Å². The summed E-state index contributed by atoms with van der Waals surface area (Å²) in [6.45, 7) is 2.17. The van der Waals surface area contributed by atoms with E-state index >= 15 is 0 Å². The van der Waals surface area contributed by atoms with Crippen LogP contribution in [0.1, 0.15) is 12.5 Å². The normalized spacial score (nSPS) is 12.4. The highest BCUT2D eigenvalue weighted by Crippen LogP contribution is 2.33. The average Bonchev–Trinajstić information content (AvgIpc) is 2.43. The molecule has 19 heavy (non-hydrogen) atoms. The molecule has 1 nitrogen and oxygen atoms in total. The van der Waals surface area contributed by atoms with E-state index in [0.29, 0.717) is 16.1 Å². The molecule has 2 rings (SSSR count). The monoisotopic (exact) mass is 293 g/mol. The summed E-state index contributed by atoms with van der Waals surface area (Å²) in [5.74, 6) is 0. The zero-order valence-electron chi connectivity index (χ0n) is 11.1. The van der Waals surface area contributed by atoms with Gasteiger partial charge in [0.15, 0.2) is 0 Å². The van der Waals surface area contributed by atoms with Crippen molar-refractivity contribution in [2.24, 2.45) is 0 Å². The van der Waals surface area contributed by atoms with E-state index < -0.39 is 0 Å². The lowest BCUT2D eigenvalue weighted by molar-refractivity contribution is 0.608. The first-order valence-corrected chi connectivity index (χ1v) is 7.08. The summed E-state index contributed by atoms with van der Waals surface area (Å²) >= 11 is 12.3. The first-order valence-electron chi connectivity index (χ1n) is 6.32. The van der Waals surface area contributed by atoms with Crippen LogP contribution in [-0.4, -0.2) is 13.1 Å². The summed E-state index contributed by atoms with van der Waals surface area (Å²) < 4.78 is 0. The van der Waals surface area contributed by atoms with Crippen LogP contribution in [0, 0.1) is 0 Å².